The summed E-state index contributed by atoms with van der Waals surface area (Å²) in [6, 6.07) is 17.1. The topological polar surface area (TPSA) is 80.4 Å². The number of rotatable bonds is 4. The van der Waals surface area contributed by atoms with Crippen LogP contribution in [0, 0.1) is 6.92 Å². The third kappa shape index (κ3) is 3.81. The molecule has 0 radical (unpaired) electrons. The summed E-state index contributed by atoms with van der Waals surface area (Å²) in [5.74, 6) is -0.744. The minimum atomic E-state index is -1.27. The first-order valence-corrected chi connectivity index (χ1v) is 10.8. The first kappa shape index (κ1) is 22.1. The maximum atomic E-state index is 13.3. The molecule has 1 aliphatic rings. The smallest absolute Gasteiger partial charge is 0.164 e. The molecule has 0 aliphatic heterocycles. The number of ketones is 1. The number of benzene rings is 3. The van der Waals surface area contributed by atoms with Gasteiger partial charge in [-0.1, -0.05) is 59.1 Å². The molecule has 0 aromatic heterocycles. The molecule has 0 spiro atoms. The zero-order valence-electron chi connectivity index (χ0n) is 17.3. The molecule has 0 heterocycles. The summed E-state index contributed by atoms with van der Waals surface area (Å²) >= 11 is 12.3. The normalized spacial score (nSPS) is 20.7. The van der Waals surface area contributed by atoms with Crippen LogP contribution in [-0.2, 0) is 15.0 Å². The van der Waals surface area contributed by atoms with Gasteiger partial charge in [-0.2, -0.15) is 0 Å². The van der Waals surface area contributed by atoms with Crippen LogP contribution in [0.2, 0.25) is 10.0 Å². The van der Waals surface area contributed by atoms with Crippen molar-refractivity contribution in [2.75, 3.05) is 5.73 Å². The number of anilines is 1. The van der Waals surface area contributed by atoms with Crippen LogP contribution < -0.4 is 5.73 Å². The van der Waals surface area contributed by atoms with E-state index in [0.717, 1.165) is 17.4 Å². The van der Waals surface area contributed by atoms with E-state index in [-0.39, 0.29) is 23.5 Å². The second-order valence-corrected chi connectivity index (χ2v) is 8.97. The van der Waals surface area contributed by atoms with E-state index in [0.29, 0.717) is 26.9 Å². The summed E-state index contributed by atoms with van der Waals surface area (Å²) in [6.45, 7) is 1.87. The molecule has 0 saturated heterocycles. The van der Waals surface area contributed by atoms with Gasteiger partial charge in [0, 0.05) is 39.2 Å². The Kier molecular flexibility index (Phi) is 5.85. The molecular formula is C26H21Cl2NO3. The van der Waals surface area contributed by atoms with Crippen molar-refractivity contribution in [2.24, 2.45) is 0 Å². The fraction of sp³-hybridized carbons (Fsp3) is 0.154. The number of carbonyl (C=O) groups excluding carboxylic acids is 2. The lowest BCUT2D eigenvalue weighted by molar-refractivity contribution is -0.116. The Balaban J connectivity index is 2.03. The van der Waals surface area contributed by atoms with Crippen LogP contribution in [0.5, 0.6) is 5.75 Å². The summed E-state index contributed by atoms with van der Waals surface area (Å²) in [7, 11) is 0. The molecule has 3 N–H and O–H groups in total. The minimum absolute atomic E-state index is 0.0275. The number of hydrogen-bond acceptors (Lipinski definition) is 4. The van der Waals surface area contributed by atoms with Gasteiger partial charge in [-0.25, -0.2) is 0 Å². The Bertz CT molecular complexity index is 1270. The lowest BCUT2D eigenvalue weighted by Gasteiger charge is -2.39. The summed E-state index contributed by atoms with van der Waals surface area (Å²) in [4.78, 5) is 26.2. The van der Waals surface area contributed by atoms with Gasteiger partial charge in [0.1, 0.15) is 12.0 Å². The Labute approximate surface area is 196 Å². The number of aldehydes is 1. The van der Waals surface area contributed by atoms with E-state index in [1.807, 2.05) is 13.0 Å². The van der Waals surface area contributed by atoms with Gasteiger partial charge in [-0.3, -0.25) is 4.79 Å². The zero-order valence-corrected chi connectivity index (χ0v) is 18.8. The largest absolute Gasteiger partial charge is 0.507 e. The summed E-state index contributed by atoms with van der Waals surface area (Å²) in [5, 5.41) is 11.4. The number of halogens is 2. The van der Waals surface area contributed by atoms with Crippen LogP contribution in [-0.4, -0.2) is 17.2 Å². The van der Waals surface area contributed by atoms with Gasteiger partial charge >= 0.3 is 0 Å². The maximum absolute atomic E-state index is 13.3. The average molecular weight is 466 g/mol. The number of phenolic OH excluding ortho intramolecular Hbond substituents is 1. The molecular weight excluding hydrogens is 445 g/mol. The molecule has 1 aliphatic carbocycles. The molecule has 0 amide bonds. The van der Waals surface area contributed by atoms with E-state index in [4.69, 9.17) is 28.9 Å². The Hall–Kier alpha value is -3.08. The van der Waals surface area contributed by atoms with Gasteiger partial charge in [0.15, 0.2) is 5.78 Å². The lowest BCUT2D eigenvalue weighted by Crippen LogP contribution is -2.39. The number of nitrogens with two attached hydrogens (primary N) is 1. The molecule has 3 aromatic rings. The van der Waals surface area contributed by atoms with Gasteiger partial charge in [0.25, 0.3) is 0 Å². The monoisotopic (exact) mass is 465 g/mol. The van der Waals surface area contributed by atoms with Crippen molar-refractivity contribution in [3.05, 3.63) is 99.0 Å². The third-order valence-electron chi connectivity index (χ3n) is 6.02. The molecule has 162 valence electrons. The highest BCUT2D eigenvalue weighted by Crippen LogP contribution is 2.50. The Morgan fingerprint density at radius 1 is 1.06 bits per heavy atom. The number of Topliss-reactive ketones (excluding diaryl/α,β-unsaturated/α-hetero) is 1. The third-order valence-corrected chi connectivity index (χ3v) is 6.49. The fourth-order valence-electron chi connectivity index (χ4n) is 4.47. The number of aromatic hydroxyl groups is 1. The second kappa shape index (κ2) is 8.45. The van der Waals surface area contributed by atoms with Gasteiger partial charge in [0.05, 0.1) is 5.41 Å². The van der Waals surface area contributed by atoms with Crippen molar-refractivity contribution in [1.29, 1.82) is 0 Å². The highest BCUT2D eigenvalue weighted by atomic mass is 35.5. The predicted octanol–water partition coefficient (Wildman–Crippen LogP) is 5.87. The SMILES string of the molecule is Cc1ccc(O)c(C2=C[C@](C=O)(c3ccc(Cl)cc3N)[C@H](c3cccc(Cl)c3)CC2=O)c1. The Morgan fingerprint density at radius 2 is 1.81 bits per heavy atom. The van der Waals surface area contributed by atoms with Crippen LogP contribution in [0.1, 0.15) is 34.6 Å². The van der Waals surface area contributed by atoms with Crippen molar-refractivity contribution in [3.63, 3.8) is 0 Å². The molecule has 6 heteroatoms. The lowest BCUT2D eigenvalue weighted by atomic mass is 9.61. The van der Waals surface area contributed by atoms with Gasteiger partial charge < -0.3 is 15.6 Å². The number of hydrogen-bond donors (Lipinski definition) is 2. The predicted molar refractivity (Wildman–Crippen MR) is 128 cm³/mol. The van der Waals surface area contributed by atoms with Crippen molar-refractivity contribution in [1.82, 2.24) is 0 Å². The molecule has 0 bridgehead atoms. The maximum Gasteiger partial charge on any atom is 0.164 e. The Morgan fingerprint density at radius 3 is 2.50 bits per heavy atom. The second-order valence-electron chi connectivity index (χ2n) is 8.10. The molecule has 0 saturated carbocycles. The highest BCUT2D eigenvalue weighted by molar-refractivity contribution is 6.31. The van der Waals surface area contributed by atoms with Crippen molar-refractivity contribution < 1.29 is 14.7 Å². The van der Waals surface area contributed by atoms with E-state index in [2.05, 4.69) is 0 Å². The fourth-order valence-corrected chi connectivity index (χ4v) is 4.85. The van der Waals surface area contributed by atoms with Crippen molar-refractivity contribution in [2.45, 2.75) is 24.7 Å². The summed E-state index contributed by atoms with van der Waals surface area (Å²) in [6.07, 6.45) is 2.49. The quantitative estimate of drug-likeness (QED) is 0.373. The van der Waals surface area contributed by atoms with Gasteiger partial charge in [0.2, 0.25) is 0 Å². The van der Waals surface area contributed by atoms with E-state index < -0.39 is 11.3 Å². The van der Waals surface area contributed by atoms with E-state index in [1.54, 1.807) is 60.7 Å². The number of phenols is 1. The molecule has 32 heavy (non-hydrogen) atoms. The first-order chi connectivity index (χ1) is 15.2. The standard InChI is InChI=1S/C26H21Cl2NO3/c1-15-5-8-24(31)19(9-15)20-13-26(14-30,21-7-6-18(28)11-23(21)29)22(12-25(20)32)16-3-2-4-17(27)10-16/h2-11,13-14,22,31H,12,29H2,1H3/t22-,26-/m0/s1. The van der Waals surface area contributed by atoms with Crippen LogP contribution >= 0.6 is 23.2 Å². The van der Waals surface area contributed by atoms with Crippen molar-refractivity contribution >= 4 is 46.5 Å². The van der Waals surface area contributed by atoms with Crippen LogP contribution in [0.3, 0.4) is 0 Å². The van der Waals surface area contributed by atoms with Crippen LogP contribution in [0.25, 0.3) is 5.57 Å². The summed E-state index contributed by atoms with van der Waals surface area (Å²) < 4.78 is 0. The molecule has 3 aromatic carbocycles. The average Bonchev–Trinajstić information content (AvgIpc) is 2.76. The molecule has 4 rings (SSSR count). The summed E-state index contributed by atoms with van der Waals surface area (Å²) in [5.41, 5.74) is 8.24. The van der Waals surface area contributed by atoms with Crippen molar-refractivity contribution in [3.8, 4) is 5.75 Å². The highest BCUT2D eigenvalue weighted by Gasteiger charge is 2.46. The number of allylic oxidation sites excluding steroid dienone is 2. The first-order valence-electron chi connectivity index (χ1n) is 10.1. The van der Waals surface area contributed by atoms with Crippen LogP contribution in [0.4, 0.5) is 5.69 Å². The van der Waals surface area contributed by atoms with Gasteiger partial charge in [-0.05, 0) is 54.4 Å². The van der Waals surface area contributed by atoms with Gasteiger partial charge in [-0.15, -0.1) is 0 Å². The van der Waals surface area contributed by atoms with E-state index in [9.17, 15) is 14.7 Å². The molecule has 0 unspecified atom stereocenters. The number of nitrogen functional groups attached to an aromatic ring is 1. The molecule has 0 fully saturated rings. The number of carbonyl (C=O) groups is 2. The van der Waals surface area contributed by atoms with Crippen LogP contribution in [0.15, 0.2) is 66.7 Å². The minimum Gasteiger partial charge on any atom is -0.507 e. The molecule has 4 nitrogen and oxygen atoms in total. The van der Waals surface area contributed by atoms with E-state index in [1.165, 1.54) is 0 Å². The van der Waals surface area contributed by atoms with E-state index >= 15 is 0 Å². The number of aryl methyl sites for hydroxylation is 1. The molecule has 2 atom stereocenters. The zero-order chi connectivity index (χ0) is 23.0.